The molecule has 0 atom stereocenters. The van der Waals surface area contributed by atoms with Gasteiger partial charge in [-0.2, -0.15) is 5.26 Å². The lowest BCUT2D eigenvalue weighted by Crippen LogP contribution is -1.89. The van der Waals surface area contributed by atoms with Gasteiger partial charge in [0.05, 0.1) is 17.0 Å². The van der Waals surface area contributed by atoms with Crippen molar-refractivity contribution < 1.29 is 4.74 Å². The highest BCUT2D eigenvalue weighted by molar-refractivity contribution is 7.21. The Bertz CT molecular complexity index is 1030. The quantitative estimate of drug-likeness (QED) is 0.529. The van der Waals surface area contributed by atoms with Gasteiger partial charge in [0.25, 0.3) is 0 Å². The van der Waals surface area contributed by atoms with Crippen molar-refractivity contribution in [1.29, 1.82) is 5.26 Å². The summed E-state index contributed by atoms with van der Waals surface area (Å²) in [5, 5.41) is 9.74. The van der Waals surface area contributed by atoms with Gasteiger partial charge in [-0.3, -0.25) is 0 Å². The van der Waals surface area contributed by atoms with Crippen LogP contribution in [-0.2, 0) is 0 Å². The van der Waals surface area contributed by atoms with Crippen molar-refractivity contribution in [3.63, 3.8) is 0 Å². The summed E-state index contributed by atoms with van der Waals surface area (Å²) in [6.07, 6.45) is 1.51. The highest BCUT2D eigenvalue weighted by Gasteiger charge is 2.11. The molecule has 0 spiro atoms. The van der Waals surface area contributed by atoms with Gasteiger partial charge in [0.2, 0.25) is 5.88 Å². The zero-order valence-electron chi connectivity index (χ0n) is 12.5. The van der Waals surface area contributed by atoms with Crippen LogP contribution in [0.4, 0.5) is 0 Å². The number of ether oxygens (including phenoxy) is 1. The molecule has 0 saturated heterocycles. The Morgan fingerprint density at radius 2 is 1.75 bits per heavy atom. The van der Waals surface area contributed by atoms with Crippen LogP contribution in [0.15, 0.2) is 67.0 Å². The first kappa shape index (κ1) is 14.4. The predicted octanol–water partition coefficient (Wildman–Crippen LogP) is 5.02. The molecule has 0 bridgehead atoms. The topological polar surface area (TPSA) is 58.8 Å². The van der Waals surface area contributed by atoms with Crippen LogP contribution in [0.3, 0.4) is 0 Å². The summed E-state index contributed by atoms with van der Waals surface area (Å²) >= 11 is 1.61. The Morgan fingerprint density at radius 3 is 2.50 bits per heavy atom. The molecule has 2 aromatic carbocycles. The van der Waals surface area contributed by atoms with Crippen LogP contribution in [0.5, 0.6) is 11.6 Å². The molecule has 0 aliphatic rings. The third-order valence-corrected chi connectivity index (χ3v) is 4.64. The lowest BCUT2D eigenvalue weighted by atomic mass is 10.2. The number of nitriles is 1. The molecule has 5 heteroatoms. The van der Waals surface area contributed by atoms with Gasteiger partial charge in [-0.15, -0.1) is 11.3 Å². The van der Waals surface area contributed by atoms with Crippen LogP contribution >= 0.6 is 11.3 Å². The second-order valence-corrected chi connectivity index (χ2v) is 6.14. The SMILES string of the molecule is N#Cc1ccc(Oc2ncnc3sc(-c4ccccc4)cc23)cc1. The van der Waals surface area contributed by atoms with Gasteiger partial charge in [0.15, 0.2) is 0 Å². The van der Waals surface area contributed by atoms with E-state index in [2.05, 4.69) is 28.2 Å². The van der Waals surface area contributed by atoms with Crippen molar-refractivity contribution in [2.45, 2.75) is 0 Å². The monoisotopic (exact) mass is 329 g/mol. The second-order valence-electron chi connectivity index (χ2n) is 5.11. The molecule has 0 radical (unpaired) electrons. The molecule has 0 amide bonds. The minimum atomic E-state index is 0.517. The highest BCUT2D eigenvalue weighted by Crippen LogP contribution is 2.36. The Kier molecular flexibility index (Phi) is 3.66. The number of nitrogens with zero attached hydrogens (tertiary/aromatic N) is 3. The van der Waals surface area contributed by atoms with E-state index in [0.29, 0.717) is 17.2 Å². The van der Waals surface area contributed by atoms with E-state index in [0.717, 1.165) is 20.7 Å². The molecule has 0 fully saturated rings. The molecule has 2 heterocycles. The van der Waals surface area contributed by atoms with Gasteiger partial charge in [-0.1, -0.05) is 30.3 Å². The molecule has 4 aromatic rings. The third kappa shape index (κ3) is 2.71. The first-order valence-corrected chi connectivity index (χ1v) is 8.13. The fraction of sp³-hybridized carbons (Fsp3) is 0. The maximum Gasteiger partial charge on any atom is 0.231 e. The lowest BCUT2D eigenvalue weighted by Gasteiger charge is -2.04. The zero-order chi connectivity index (χ0) is 16.4. The normalized spacial score (nSPS) is 10.5. The minimum Gasteiger partial charge on any atom is -0.438 e. The molecule has 4 rings (SSSR count). The predicted molar refractivity (Wildman–Crippen MR) is 94.1 cm³/mol. The summed E-state index contributed by atoms with van der Waals surface area (Å²) < 4.78 is 5.89. The number of benzene rings is 2. The largest absolute Gasteiger partial charge is 0.438 e. The molecular formula is C19H11N3OS. The van der Waals surface area contributed by atoms with Crippen LogP contribution in [0.2, 0.25) is 0 Å². The number of fused-ring (bicyclic) bond motifs is 1. The van der Waals surface area contributed by atoms with E-state index in [4.69, 9.17) is 10.00 Å². The second kappa shape index (κ2) is 6.11. The lowest BCUT2D eigenvalue weighted by molar-refractivity contribution is 0.468. The number of hydrogen-bond donors (Lipinski definition) is 0. The molecule has 24 heavy (non-hydrogen) atoms. The van der Waals surface area contributed by atoms with Crippen LogP contribution in [0.1, 0.15) is 5.56 Å². The fourth-order valence-electron chi connectivity index (χ4n) is 2.37. The highest BCUT2D eigenvalue weighted by atomic mass is 32.1. The molecule has 0 saturated carbocycles. The molecule has 114 valence electrons. The van der Waals surface area contributed by atoms with Gasteiger partial charge < -0.3 is 4.74 Å². The summed E-state index contributed by atoms with van der Waals surface area (Å²) in [7, 11) is 0. The molecule has 0 N–H and O–H groups in total. The third-order valence-electron chi connectivity index (χ3n) is 3.55. The summed E-state index contributed by atoms with van der Waals surface area (Å²) in [4.78, 5) is 10.6. The number of thiophene rings is 1. The fourth-order valence-corrected chi connectivity index (χ4v) is 3.36. The molecule has 2 aromatic heterocycles. The summed E-state index contributed by atoms with van der Waals surface area (Å²) in [6, 6.07) is 21.3. The molecule has 0 unspecified atom stereocenters. The maximum absolute atomic E-state index is 8.86. The smallest absolute Gasteiger partial charge is 0.231 e. The zero-order valence-corrected chi connectivity index (χ0v) is 13.3. The van der Waals surface area contributed by atoms with E-state index in [9.17, 15) is 0 Å². The van der Waals surface area contributed by atoms with Crippen molar-refractivity contribution >= 4 is 21.6 Å². The number of hydrogen-bond acceptors (Lipinski definition) is 5. The van der Waals surface area contributed by atoms with E-state index in [-0.39, 0.29) is 0 Å². The maximum atomic E-state index is 8.86. The van der Waals surface area contributed by atoms with E-state index in [1.165, 1.54) is 6.33 Å². The average molecular weight is 329 g/mol. The van der Waals surface area contributed by atoms with E-state index in [1.807, 2.05) is 24.3 Å². The van der Waals surface area contributed by atoms with E-state index < -0.39 is 0 Å². The Hall–Kier alpha value is -3.23. The molecule has 4 nitrogen and oxygen atoms in total. The summed E-state index contributed by atoms with van der Waals surface area (Å²) in [5.41, 5.74) is 1.74. The summed E-state index contributed by atoms with van der Waals surface area (Å²) in [6.45, 7) is 0. The molecular weight excluding hydrogens is 318 g/mol. The van der Waals surface area contributed by atoms with Crippen LogP contribution < -0.4 is 4.74 Å². The van der Waals surface area contributed by atoms with Gasteiger partial charge in [-0.05, 0) is 35.9 Å². The van der Waals surface area contributed by atoms with Crippen molar-refractivity contribution in [3.05, 3.63) is 72.6 Å². The van der Waals surface area contributed by atoms with Gasteiger partial charge in [0, 0.05) is 4.88 Å². The van der Waals surface area contributed by atoms with Crippen molar-refractivity contribution in [1.82, 2.24) is 9.97 Å². The average Bonchev–Trinajstić information content (AvgIpc) is 3.08. The first-order valence-electron chi connectivity index (χ1n) is 7.31. The van der Waals surface area contributed by atoms with Crippen molar-refractivity contribution in [2.24, 2.45) is 0 Å². The van der Waals surface area contributed by atoms with Crippen LogP contribution in [0, 0.1) is 11.3 Å². The number of aromatic nitrogens is 2. The van der Waals surface area contributed by atoms with Crippen molar-refractivity contribution in [2.75, 3.05) is 0 Å². The Labute approximate surface area is 142 Å². The first-order chi connectivity index (χ1) is 11.8. The summed E-state index contributed by atoms with van der Waals surface area (Å²) in [5.74, 6) is 1.16. The standard InChI is InChI=1S/C19H11N3OS/c20-11-13-6-8-15(9-7-13)23-18-16-10-17(14-4-2-1-3-5-14)24-19(16)22-12-21-18/h1-10,12H. The molecule has 0 aliphatic carbocycles. The number of rotatable bonds is 3. The minimum absolute atomic E-state index is 0.517. The van der Waals surface area contributed by atoms with Gasteiger partial charge in [-0.25, -0.2) is 9.97 Å². The Balaban J connectivity index is 1.73. The van der Waals surface area contributed by atoms with Crippen LogP contribution in [-0.4, -0.2) is 9.97 Å². The van der Waals surface area contributed by atoms with E-state index in [1.54, 1.807) is 35.6 Å². The Morgan fingerprint density at radius 1 is 0.958 bits per heavy atom. The van der Waals surface area contributed by atoms with Gasteiger partial charge >= 0.3 is 0 Å². The van der Waals surface area contributed by atoms with Crippen molar-refractivity contribution in [3.8, 4) is 28.1 Å². The molecule has 0 aliphatic heterocycles. The van der Waals surface area contributed by atoms with Crippen LogP contribution in [0.25, 0.3) is 20.7 Å². The van der Waals surface area contributed by atoms with Gasteiger partial charge in [0.1, 0.15) is 16.9 Å². The van der Waals surface area contributed by atoms with E-state index >= 15 is 0 Å².